The van der Waals surface area contributed by atoms with Crippen molar-refractivity contribution < 1.29 is 9.72 Å². The van der Waals surface area contributed by atoms with E-state index in [1.807, 2.05) is 35.0 Å². The normalized spacial score (nSPS) is 10.4. The summed E-state index contributed by atoms with van der Waals surface area (Å²) in [6.45, 7) is 0.305. The maximum Gasteiger partial charge on any atom is 0.288 e. The van der Waals surface area contributed by atoms with Crippen molar-refractivity contribution in [2.45, 2.75) is 6.54 Å². The third-order valence-corrected chi connectivity index (χ3v) is 3.92. The number of rotatable bonds is 5. The molecule has 0 unspecified atom stereocenters. The third kappa shape index (κ3) is 3.84. The van der Waals surface area contributed by atoms with E-state index in [-0.39, 0.29) is 16.3 Å². The Morgan fingerprint density at radius 2 is 2.00 bits per heavy atom. The van der Waals surface area contributed by atoms with Gasteiger partial charge in [0.2, 0.25) is 0 Å². The van der Waals surface area contributed by atoms with Crippen molar-refractivity contribution in [3.63, 3.8) is 0 Å². The Bertz CT molecular complexity index is 908. The molecule has 8 heteroatoms. The molecule has 0 bridgehead atoms. The highest BCUT2D eigenvalue weighted by Crippen LogP contribution is 2.25. The van der Waals surface area contributed by atoms with Gasteiger partial charge in [-0.15, -0.1) is 0 Å². The Labute approximate surface area is 148 Å². The van der Waals surface area contributed by atoms with Crippen molar-refractivity contribution in [3.05, 3.63) is 87.4 Å². The molecular formula is C17H13ClN4O3. The molecule has 0 fully saturated rings. The van der Waals surface area contributed by atoms with Crippen LogP contribution < -0.4 is 5.32 Å². The number of nitro benzene ring substituents is 1. The van der Waals surface area contributed by atoms with Gasteiger partial charge in [-0.1, -0.05) is 23.7 Å². The average Bonchev–Trinajstić information content (AvgIpc) is 3.15. The summed E-state index contributed by atoms with van der Waals surface area (Å²) in [5.74, 6) is -0.404. The van der Waals surface area contributed by atoms with Crippen LogP contribution in [-0.4, -0.2) is 20.4 Å². The Morgan fingerprint density at radius 3 is 2.64 bits per heavy atom. The molecule has 25 heavy (non-hydrogen) atoms. The van der Waals surface area contributed by atoms with Gasteiger partial charge in [0.05, 0.1) is 11.3 Å². The first-order valence-electron chi connectivity index (χ1n) is 7.34. The van der Waals surface area contributed by atoms with Gasteiger partial charge in [0.1, 0.15) is 5.02 Å². The van der Waals surface area contributed by atoms with Crippen LogP contribution in [-0.2, 0) is 6.54 Å². The minimum Gasteiger partial charge on any atom is -0.348 e. The Kier molecular flexibility index (Phi) is 4.76. The summed E-state index contributed by atoms with van der Waals surface area (Å²) in [6, 6.07) is 11.6. The number of amides is 1. The summed E-state index contributed by atoms with van der Waals surface area (Å²) in [6.07, 6.45) is 5.23. The van der Waals surface area contributed by atoms with Gasteiger partial charge in [-0.05, 0) is 29.8 Å². The SMILES string of the molecule is O=C(NCc1ccc(-n2ccnc2)cc1)c1ccc(Cl)c([N+](=O)[O-])c1. The highest BCUT2D eigenvalue weighted by atomic mass is 35.5. The number of aromatic nitrogens is 2. The fourth-order valence-corrected chi connectivity index (χ4v) is 2.46. The lowest BCUT2D eigenvalue weighted by molar-refractivity contribution is -0.384. The molecule has 0 atom stereocenters. The number of hydrogen-bond acceptors (Lipinski definition) is 4. The maximum absolute atomic E-state index is 12.2. The lowest BCUT2D eigenvalue weighted by atomic mass is 10.1. The lowest BCUT2D eigenvalue weighted by Crippen LogP contribution is -2.22. The molecule has 126 valence electrons. The quantitative estimate of drug-likeness (QED) is 0.560. The number of nitrogens with zero attached hydrogens (tertiary/aromatic N) is 3. The molecule has 1 N–H and O–H groups in total. The predicted octanol–water partition coefficient (Wildman–Crippen LogP) is 3.36. The molecule has 7 nitrogen and oxygen atoms in total. The summed E-state index contributed by atoms with van der Waals surface area (Å²) >= 11 is 5.75. The molecule has 0 aliphatic heterocycles. The lowest BCUT2D eigenvalue weighted by Gasteiger charge is -2.07. The second-order valence-corrected chi connectivity index (χ2v) is 5.65. The van der Waals surface area contributed by atoms with E-state index in [2.05, 4.69) is 10.3 Å². The van der Waals surface area contributed by atoms with Crippen molar-refractivity contribution in [1.29, 1.82) is 0 Å². The largest absolute Gasteiger partial charge is 0.348 e. The standard InChI is InChI=1S/C17H13ClN4O3/c18-15-6-3-13(9-16(15)22(24)25)17(23)20-10-12-1-4-14(5-2-12)21-8-7-19-11-21/h1-9,11H,10H2,(H,20,23). The fourth-order valence-electron chi connectivity index (χ4n) is 2.28. The Morgan fingerprint density at radius 1 is 1.24 bits per heavy atom. The molecule has 1 aromatic heterocycles. The summed E-state index contributed by atoms with van der Waals surface area (Å²) < 4.78 is 1.87. The van der Waals surface area contributed by atoms with Crippen LogP contribution in [0.2, 0.25) is 5.02 Å². The molecule has 0 spiro atoms. The molecule has 0 aliphatic carbocycles. The van der Waals surface area contributed by atoms with Crippen LogP contribution in [0.4, 0.5) is 5.69 Å². The number of nitro groups is 1. The smallest absolute Gasteiger partial charge is 0.288 e. The molecule has 0 radical (unpaired) electrons. The topological polar surface area (TPSA) is 90.1 Å². The second-order valence-electron chi connectivity index (χ2n) is 5.24. The van der Waals surface area contributed by atoms with Crippen LogP contribution in [0.5, 0.6) is 0 Å². The van der Waals surface area contributed by atoms with Crippen molar-refractivity contribution in [2.24, 2.45) is 0 Å². The van der Waals surface area contributed by atoms with Crippen LogP contribution >= 0.6 is 11.6 Å². The summed E-state index contributed by atoms with van der Waals surface area (Å²) in [7, 11) is 0. The molecule has 0 saturated carbocycles. The van der Waals surface area contributed by atoms with Crippen LogP contribution in [0.15, 0.2) is 61.2 Å². The van der Waals surface area contributed by atoms with E-state index in [1.165, 1.54) is 18.2 Å². The van der Waals surface area contributed by atoms with Crippen LogP contribution in [0, 0.1) is 10.1 Å². The van der Waals surface area contributed by atoms with Crippen LogP contribution in [0.25, 0.3) is 5.69 Å². The van der Waals surface area contributed by atoms with Gasteiger partial charge >= 0.3 is 0 Å². The summed E-state index contributed by atoms with van der Waals surface area (Å²) in [5, 5.41) is 13.6. The van der Waals surface area contributed by atoms with Crippen molar-refractivity contribution in [1.82, 2.24) is 14.9 Å². The molecule has 3 rings (SSSR count). The highest BCUT2D eigenvalue weighted by Gasteiger charge is 2.16. The van der Waals surface area contributed by atoms with Crippen LogP contribution in [0.1, 0.15) is 15.9 Å². The number of benzene rings is 2. The predicted molar refractivity (Wildman–Crippen MR) is 92.8 cm³/mol. The van der Waals surface area contributed by atoms with Gasteiger partial charge in [0.25, 0.3) is 11.6 Å². The maximum atomic E-state index is 12.2. The van der Waals surface area contributed by atoms with Crippen molar-refractivity contribution in [2.75, 3.05) is 0 Å². The van der Waals surface area contributed by atoms with Gasteiger partial charge in [-0.3, -0.25) is 14.9 Å². The number of carbonyl (C=O) groups is 1. The van der Waals surface area contributed by atoms with Crippen LogP contribution in [0.3, 0.4) is 0 Å². The van der Waals surface area contributed by atoms with Gasteiger partial charge in [-0.2, -0.15) is 0 Å². The zero-order valence-corrected chi connectivity index (χ0v) is 13.7. The molecule has 3 aromatic rings. The van der Waals surface area contributed by atoms with E-state index in [9.17, 15) is 14.9 Å². The zero-order valence-electron chi connectivity index (χ0n) is 12.9. The second kappa shape index (κ2) is 7.14. The van der Waals surface area contributed by atoms with E-state index < -0.39 is 10.8 Å². The van der Waals surface area contributed by atoms with E-state index >= 15 is 0 Å². The van der Waals surface area contributed by atoms with Gasteiger partial charge in [0, 0.05) is 36.3 Å². The minimum absolute atomic E-state index is 0.00311. The van der Waals surface area contributed by atoms with Gasteiger partial charge in [0.15, 0.2) is 0 Å². The number of halogens is 1. The molecule has 0 aliphatic rings. The highest BCUT2D eigenvalue weighted by molar-refractivity contribution is 6.32. The van der Waals surface area contributed by atoms with E-state index in [0.29, 0.717) is 6.54 Å². The number of nitrogens with one attached hydrogen (secondary N) is 1. The monoisotopic (exact) mass is 356 g/mol. The van der Waals surface area contributed by atoms with E-state index in [4.69, 9.17) is 11.6 Å². The molecule has 1 heterocycles. The number of carbonyl (C=O) groups excluding carboxylic acids is 1. The molecular weight excluding hydrogens is 344 g/mol. The Balaban J connectivity index is 1.66. The Hall–Kier alpha value is -3.19. The molecule has 0 saturated heterocycles. The first-order chi connectivity index (χ1) is 12.0. The average molecular weight is 357 g/mol. The third-order valence-electron chi connectivity index (χ3n) is 3.60. The number of hydrogen-bond donors (Lipinski definition) is 1. The number of imidazole rings is 1. The van der Waals surface area contributed by atoms with E-state index in [0.717, 1.165) is 11.3 Å². The minimum atomic E-state index is -0.617. The molecule has 2 aromatic carbocycles. The first-order valence-corrected chi connectivity index (χ1v) is 7.72. The fraction of sp³-hybridized carbons (Fsp3) is 0.0588. The van der Waals surface area contributed by atoms with Crippen molar-refractivity contribution >= 4 is 23.2 Å². The summed E-state index contributed by atoms with van der Waals surface area (Å²) in [5.41, 5.74) is 1.76. The first kappa shape index (κ1) is 16.7. The van der Waals surface area contributed by atoms with E-state index in [1.54, 1.807) is 12.5 Å². The van der Waals surface area contributed by atoms with Gasteiger partial charge in [-0.25, -0.2) is 4.98 Å². The molecule has 1 amide bonds. The van der Waals surface area contributed by atoms with Gasteiger partial charge < -0.3 is 9.88 Å². The van der Waals surface area contributed by atoms with Crippen molar-refractivity contribution in [3.8, 4) is 5.69 Å². The summed E-state index contributed by atoms with van der Waals surface area (Å²) in [4.78, 5) is 26.4. The zero-order chi connectivity index (χ0) is 17.8.